The molecule has 0 atom stereocenters. The van der Waals surface area contributed by atoms with E-state index in [0.717, 1.165) is 5.69 Å². The van der Waals surface area contributed by atoms with E-state index in [-0.39, 0.29) is 0 Å². The lowest BCUT2D eigenvalue weighted by molar-refractivity contribution is 1.20. The normalized spacial score (nSPS) is 9.70. The minimum atomic E-state index is 0.467. The van der Waals surface area contributed by atoms with Crippen LogP contribution in [0.1, 0.15) is 5.69 Å². The third-order valence-corrected chi connectivity index (χ3v) is 1.63. The number of alkyl halides is 1. The van der Waals surface area contributed by atoms with E-state index in [0.29, 0.717) is 16.8 Å². The van der Waals surface area contributed by atoms with Crippen molar-refractivity contribution in [1.82, 2.24) is 4.98 Å². The van der Waals surface area contributed by atoms with E-state index in [1.165, 1.54) is 0 Å². The van der Waals surface area contributed by atoms with Gasteiger partial charge in [-0.1, -0.05) is 15.9 Å². The summed E-state index contributed by atoms with van der Waals surface area (Å²) >= 11 is 3.25. The van der Waals surface area contributed by atoms with Gasteiger partial charge in [-0.3, -0.25) is 0 Å². The third kappa shape index (κ3) is 1.60. The van der Waals surface area contributed by atoms with Crippen molar-refractivity contribution >= 4 is 27.4 Å². The maximum atomic E-state index is 5.49. The molecule has 0 aliphatic rings. The van der Waals surface area contributed by atoms with Gasteiger partial charge in [0, 0.05) is 17.1 Å². The highest BCUT2D eigenvalue weighted by Crippen LogP contribution is 2.10. The largest absolute Gasteiger partial charge is 0.399 e. The molecule has 0 saturated heterocycles. The van der Waals surface area contributed by atoms with E-state index in [4.69, 9.17) is 11.5 Å². The van der Waals surface area contributed by atoms with Crippen LogP contribution in [0.25, 0.3) is 0 Å². The van der Waals surface area contributed by atoms with Crippen LogP contribution >= 0.6 is 15.9 Å². The number of rotatable bonds is 1. The summed E-state index contributed by atoms with van der Waals surface area (Å²) in [5.41, 5.74) is 12.4. The molecular formula is C6H8BrN3. The summed E-state index contributed by atoms with van der Waals surface area (Å²) in [6, 6.07) is 3.41. The average Bonchev–Trinajstić information content (AvgIpc) is 1.85. The highest BCUT2D eigenvalue weighted by Gasteiger charge is 1.94. The zero-order valence-corrected chi connectivity index (χ0v) is 6.93. The second kappa shape index (κ2) is 2.88. The van der Waals surface area contributed by atoms with Crippen molar-refractivity contribution in [2.75, 3.05) is 11.5 Å². The molecule has 1 rings (SSSR count). The maximum absolute atomic E-state index is 5.49. The summed E-state index contributed by atoms with van der Waals surface area (Å²) < 4.78 is 0. The molecule has 0 spiro atoms. The Kier molecular flexibility index (Phi) is 2.11. The molecule has 0 unspecified atom stereocenters. The molecule has 0 radical (unpaired) electrons. The molecule has 10 heavy (non-hydrogen) atoms. The Morgan fingerprint density at radius 1 is 1.40 bits per heavy atom. The van der Waals surface area contributed by atoms with Crippen molar-refractivity contribution in [1.29, 1.82) is 0 Å². The standard InChI is InChI=1S/C6H8BrN3/c7-3-5-1-4(8)2-6(9)10-5/h1-2H,3H2,(H4,8,9,10). The summed E-state index contributed by atoms with van der Waals surface area (Å²) in [4.78, 5) is 4.00. The Bertz CT molecular complexity index is 216. The van der Waals surface area contributed by atoms with E-state index in [1.54, 1.807) is 12.1 Å². The number of hydrogen-bond acceptors (Lipinski definition) is 3. The first kappa shape index (κ1) is 7.34. The molecule has 0 aliphatic heterocycles. The summed E-state index contributed by atoms with van der Waals surface area (Å²) in [6.45, 7) is 0. The molecule has 0 amide bonds. The van der Waals surface area contributed by atoms with Crippen LogP contribution < -0.4 is 11.5 Å². The van der Waals surface area contributed by atoms with Gasteiger partial charge in [-0.05, 0) is 6.07 Å². The predicted octanol–water partition coefficient (Wildman–Crippen LogP) is 1.14. The smallest absolute Gasteiger partial charge is 0.125 e. The molecule has 0 saturated carbocycles. The summed E-state index contributed by atoms with van der Waals surface area (Å²) in [5, 5.41) is 0.683. The van der Waals surface area contributed by atoms with Crippen LogP contribution in [0.4, 0.5) is 11.5 Å². The van der Waals surface area contributed by atoms with Gasteiger partial charge in [0.1, 0.15) is 5.82 Å². The van der Waals surface area contributed by atoms with Crippen LogP contribution in [0.3, 0.4) is 0 Å². The molecule has 0 aromatic carbocycles. The number of nitrogen functional groups attached to an aromatic ring is 2. The Hall–Kier alpha value is -0.770. The molecule has 4 heteroatoms. The lowest BCUT2D eigenvalue weighted by atomic mass is 10.3. The van der Waals surface area contributed by atoms with Gasteiger partial charge in [0.25, 0.3) is 0 Å². The van der Waals surface area contributed by atoms with Gasteiger partial charge in [0.2, 0.25) is 0 Å². The number of halogens is 1. The fourth-order valence-corrected chi connectivity index (χ4v) is 0.991. The molecule has 0 aliphatic carbocycles. The van der Waals surface area contributed by atoms with Gasteiger partial charge < -0.3 is 11.5 Å². The minimum absolute atomic E-state index is 0.467. The molecule has 54 valence electrons. The molecule has 4 N–H and O–H groups in total. The van der Waals surface area contributed by atoms with Crippen molar-refractivity contribution in [3.63, 3.8) is 0 Å². The lowest BCUT2D eigenvalue weighted by Gasteiger charge is -1.98. The second-order valence-electron chi connectivity index (χ2n) is 1.95. The Morgan fingerprint density at radius 2 is 2.10 bits per heavy atom. The van der Waals surface area contributed by atoms with Gasteiger partial charge in [0.15, 0.2) is 0 Å². The van der Waals surface area contributed by atoms with Gasteiger partial charge in [-0.25, -0.2) is 4.98 Å². The highest BCUT2D eigenvalue weighted by atomic mass is 79.9. The average molecular weight is 202 g/mol. The van der Waals surface area contributed by atoms with E-state index in [1.807, 2.05) is 0 Å². The SMILES string of the molecule is Nc1cc(N)nc(CBr)c1. The monoisotopic (exact) mass is 201 g/mol. The molecule has 1 aromatic rings. The van der Waals surface area contributed by atoms with Crippen LogP contribution in [-0.4, -0.2) is 4.98 Å². The zero-order valence-electron chi connectivity index (χ0n) is 5.34. The molecule has 0 fully saturated rings. The van der Waals surface area contributed by atoms with Crippen molar-refractivity contribution in [3.8, 4) is 0 Å². The van der Waals surface area contributed by atoms with Crippen LogP contribution in [0, 0.1) is 0 Å². The fraction of sp³-hybridized carbons (Fsp3) is 0.167. The molecule has 1 heterocycles. The molecule has 1 aromatic heterocycles. The van der Waals surface area contributed by atoms with Crippen molar-refractivity contribution in [2.45, 2.75) is 5.33 Å². The number of anilines is 2. The molecular weight excluding hydrogens is 194 g/mol. The summed E-state index contributed by atoms with van der Waals surface area (Å²) in [5.74, 6) is 0.467. The van der Waals surface area contributed by atoms with Gasteiger partial charge in [-0.2, -0.15) is 0 Å². The van der Waals surface area contributed by atoms with Crippen molar-refractivity contribution in [2.24, 2.45) is 0 Å². The van der Waals surface area contributed by atoms with E-state index >= 15 is 0 Å². The van der Waals surface area contributed by atoms with Crippen molar-refractivity contribution in [3.05, 3.63) is 17.8 Å². The van der Waals surface area contributed by atoms with Gasteiger partial charge in [-0.15, -0.1) is 0 Å². The summed E-state index contributed by atoms with van der Waals surface area (Å²) in [6.07, 6.45) is 0. The Balaban J connectivity index is 3.06. The third-order valence-electron chi connectivity index (χ3n) is 1.06. The molecule has 0 bridgehead atoms. The zero-order chi connectivity index (χ0) is 7.56. The van der Waals surface area contributed by atoms with E-state index < -0.39 is 0 Å². The van der Waals surface area contributed by atoms with E-state index in [2.05, 4.69) is 20.9 Å². The number of nitrogens with zero attached hydrogens (tertiary/aromatic N) is 1. The van der Waals surface area contributed by atoms with E-state index in [9.17, 15) is 0 Å². The summed E-state index contributed by atoms with van der Waals surface area (Å²) in [7, 11) is 0. The first-order valence-electron chi connectivity index (χ1n) is 2.80. The lowest BCUT2D eigenvalue weighted by Crippen LogP contribution is -1.96. The first-order chi connectivity index (χ1) is 4.72. The Labute approximate surface area is 67.6 Å². The Morgan fingerprint density at radius 3 is 2.60 bits per heavy atom. The number of pyridine rings is 1. The fourth-order valence-electron chi connectivity index (χ4n) is 0.704. The topological polar surface area (TPSA) is 64.9 Å². The predicted molar refractivity (Wildman–Crippen MR) is 45.7 cm³/mol. The molecule has 3 nitrogen and oxygen atoms in total. The quantitative estimate of drug-likeness (QED) is 0.671. The van der Waals surface area contributed by atoms with Gasteiger partial charge >= 0.3 is 0 Å². The number of nitrogens with two attached hydrogens (primary N) is 2. The van der Waals surface area contributed by atoms with Gasteiger partial charge in [0.05, 0.1) is 5.69 Å². The minimum Gasteiger partial charge on any atom is -0.399 e. The van der Waals surface area contributed by atoms with Crippen molar-refractivity contribution < 1.29 is 0 Å². The number of aromatic nitrogens is 1. The van der Waals surface area contributed by atoms with Crippen LogP contribution in [0.5, 0.6) is 0 Å². The highest BCUT2D eigenvalue weighted by molar-refractivity contribution is 9.08. The van der Waals surface area contributed by atoms with Crippen LogP contribution in [0.15, 0.2) is 12.1 Å². The van der Waals surface area contributed by atoms with Crippen LogP contribution in [0.2, 0.25) is 0 Å². The number of hydrogen-bond donors (Lipinski definition) is 2. The van der Waals surface area contributed by atoms with Crippen LogP contribution in [-0.2, 0) is 5.33 Å². The maximum Gasteiger partial charge on any atom is 0.125 e. The second-order valence-corrected chi connectivity index (χ2v) is 2.51. The first-order valence-corrected chi connectivity index (χ1v) is 3.92.